The fourth-order valence-corrected chi connectivity index (χ4v) is 5.91. The largest absolute Gasteiger partial charge is 0.367 e. The molecule has 0 atom stereocenters. The van der Waals surface area contributed by atoms with Gasteiger partial charge in [0.05, 0.1) is 16.1 Å². The Morgan fingerprint density at radius 2 is 1.94 bits per heavy atom. The van der Waals surface area contributed by atoms with Gasteiger partial charge >= 0.3 is 0 Å². The summed E-state index contributed by atoms with van der Waals surface area (Å²) in [6.45, 7) is 4.72. The summed E-state index contributed by atoms with van der Waals surface area (Å²) in [5.41, 5.74) is 1.05. The number of hydrogen-bond donors (Lipinski definition) is 2. The Bertz CT molecular complexity index is 1270. The van der Waals surface area contributed by atoms with Crippen molar-refractivity contribution in [2.75, 3.05) is 31.1 Å². The minimum Gasteiger partial charge on any atom is -0.367 e. The molecule has 0 radical (unpaired) electrons. The predicted molar refractivity (Wildman–Crippen MR) is 116 cm³/mol. The minimum absolute atomic E-state index is 0.0845. The lowest BCUT2D eigenvalue weighted by Gasteiger charge is -2.30. The van der Waals surface area contributed by atoms with Crippen LogP contribution in [0.1, 0.15) is 31.2 Å². The van der Waals surface area contributed by atoms with Crippen LogP contribution in [-0.4, -0.2) is 60.3 Å². The first-order valence-corrected chi connectivity index (χ1v) is 12.5. The number of fused-ring (bicyclic) bond motifs is 1. The SMILES string of the molecule is CC1(NS(=O)(=O)c2cc(N3CCNCC3)c3ncnc(-c4nnc(C(F)F)s4)c3c2)CC1. The van der Waals surface area contributed by atoms with E-state index in [2.05, 4.69) is 35.1 Å². The van der Waals surface area contributed by atoms with Crippen molar-refractivity contribution < 1.29 is 17.2 Å². The number of aromatic nitrogens is 4. The van der Waals surface area contributed by atoms with E-state index >= 15 is 0 Å². The molecule has 1 aliphatic heterocycles. The summed E-state index contributed by atoms with van der Waals surface area (Å²) in [4.78, 5) is 10.8. The van der Waals surface area contributed by atoms with E-state index in [1.54, 1.807) is 6.07 Å². The van der Waals surface area contributed by atoms with Gasteiger partial charge < -0.3 is 10.2 Å². The predicted octanol–water partition coefficient (Wildman–Crippen LogP) is 2.33. The highest BCUT2D eigenvalue weighted by Gasteiger charge is 2.41. The van der Waals surface area contributed by atoms with Gasteiger partial charge in [0.15, 0.2) is 10.0 Å². The first-order chi connectivity index (χ1) is 15.3. The summed E-state index contributed by atoms with van der Waals surface area (Å²) in [5.74, 6) is 0. The third-order valence-corrected chi connectivity index (χ3v) is 8.23. The average molecular weight is 482 g/mol. The number of benzene rings is 1. The Morgan fingerprint density at radius 3 is 2.59 bits per heavy atom. The molecule has 170 valence electrons. The van der Waals surface area contributed by atoms with Crippen LogP contribution in [0, 0.1) is 0 Å². The number of piperazine rings is 1. The van der Waals surface area contributed by atoms with E-state index in [9.17, 15) is 17.2 Å². The van der Waals surface area contributed by atoms with E-state index in [1.807, 2.05) is 6.92 Å². The van der Waals surface area contributed by atoms with Crippen molar-refractivity contribution >= 4 is 38.0 Å². The summed E-state index contributed by atoms with van der Waals surface area (Å²) in [7, 11) is -3.82. The van der Waals surface area contributed by atoms with E-state index in [0.717, 1.165) is 37.3 Å². The van der Waals surface area contributed by atoms with E-state index in [-0.39, 0.29) is 15.6 Å². The average Bonchev–Trinajstić information content (AvgIpc) is 3.28. The molecule has 2 fully saturated rings. The number of halogens is 2. The zero-order valence-electron chi connectivity index (χ0n) is 17.2. The lowest BCUT2D eigenvalue weighted by molar-refractivity contribution is 0.150. The van der Waals surface area contributed by atoms with E-state index in [1.165, 1.54) is 12.4 Å². The van der Waals surface area contributed by atoms with E-state index < -0.39 is 27.0 Å². The molecular weight excluding hydrogens is 460 g/mol. The van der Waals surface area contributed by atoms with Crippen molar-refractivity contribution in [1.29, 1.82) is 0 Å². The molecule has 0 bridgehead atoms. The molecule has 1 saturated carbocycles. The molecular formula is C19H21F2N7O2S2. The Hall–Kier alpha value is -2.35. The quantitative estimate of drug-likeness (QED) is 0.552. The second kappa shape index (κ2) is 7.90. The molecule has 3 aromatic rings. The molecule has 13 heteroatoms. The number of hydrogen-bond acceptors (Lipinski definition) is 9. The zero-order valence-corrected chi connectivity index (χ0v) is 18.8. The highest BCUT2D eigenvalue weighted by molar-refractivity contribution is 7.89. The molecule has 1 aliphatic carbocycles. The Kier molecular flexibility index (Phi) is 5.31. The van der Waals surface area contributed by atoms with Crippen molar-refractivity contribution in [2.45, 2.75) is 36.6 Å². The van der Waals surface area contributed by atoms with Crippen molar-refractivity contribution in [1.82, 2.24) is 30.2 Å². The molecule has 3 heterocycles. The highest BCUT2D eigenvalue weighted by Crippen LogP contribution is 2.39. The molecule has 0 unspecified atom stereocenters. The number of nitrogens with one attached hydrogen (secondary N) is 2. The molecule has 2 N–H and O–H groups in total. The number of anilines is 1. The summed E-state index contributed by atoms with van der Waals surface area (Å²) in [5, 5.41) is 10.9. The molecule has 2 aliphatic rings. The fourth-order valence-electron chi connectivity index (χ4n) is 3.69. The standard InChI is InChI=1S/C19H21F2N7O2S2/c1-19(2-3-19)27-32(29,30)11-8-12-14(13(9-11)28-6-4-22-5-7-28)23-10-24-15(12)17-25-26-18(31-17)16(20)21/h8-10,16,22,27H,2-7H2,1H3. The highest BCUT2D eigenvalue weighted by atomic mass is 32.2. The maximum atomic E-state index is 13.2. The van der Waals surface area contributed by atoms with Gasteiger partial charge in [-0.2, -0.15) is 0 Å². The third-order valence-electron chi connectivity index (χ3n) is 5.67. The van der Waals surface area contributed by atoms with Gasteiger partial charge in [-0.3, -0.25) is 0 Å². The third kappa shape index (κ3) is 4.05. The van der Waals surface area contributed by atoms with Gasteiger partial charge in [-0.15, -0.1) is 10.2 Å². The van der Waals surface area contributed by atoms with Crippen molar-refractivity contribution in [3.05, 3.63) is 23.5 Å². The van der Waals surface area contributed by atoms with Crippen LogP contribution in [0.3, 0.4) is 0 Å². The smallest absolute Gasteiger partial charge is 0.291 e. The van der Waals surface area contributed by atoms with Crippen LogP contribution >= 0.6 is 11.3 Å². The Labute approximate surface area is 187 Å². The fraction of sp³-hybridized carbons (Fsp3) is 0.474. The molecule has 32 heavy (non-hydrogen) atoms. The maximum Gasteiger partial charge on any atom is 0.291 e. The second-order valence-electron chi connectivity index (χ2n) is 8.21. The molecule has 5 rings (SSSR count). The number of nitrogens with zero attached hydrogens (tertiary/aromatic N) is 5. The van der Waals surface area contributed by atoms with E-state index in [0.29, 0.717) is 29.7 Å². The van der Waals surface area contributed by atoms with Crippen LogP contribution in [0.4, 0.5) is 14.5 Å². The van der Waals surface area contributed by atoms with Gasteiger partial charge in [-0.05, 0) is 31.9 Å². The van der Waals surface area contributed by atoms with Crippen LogP contribution in [0.2, 0.25) is 0 Å². The molecule has 0 amide bonds. The van der Waals surface area contributed by atoms with Crippen molar-refractivity contribution in [3.63, 3.8) is 0 Å². The van der Waals surface area contributed by atoms with Crippen molar-refractivity contribution in [3.8, 4) is 10.7 Å². The minimum atomic E-state index is -3.82. The van der Waals surface area contributed by atoms with E-state index in [4.69, 9.17) is 0 Å². The van der Waals surface area contributed by atoms with Crippen LogP contribution < -0.4 is 14.9 Å². The lowest BCUT2D eigenvalue weighted by Crippen LogP contribution is -2.43. The first kappa shape index (κ1) is 21.5. The van der Waals surface area contributed by atoms with Crippen LogP contribution in [-0.2, 0) is 10.0 Å². The Morgan fingerprint density at radius 1 is 1.19 bits per heavy atom. The molecule has 9 nitrogen and oxygen atoms in total. The molecule has 1 aromatic carbocycles. The summed E-state index contributed by atoms with van der Waals surface area (Å²) in [6.07, 6.45) is 0.148. The number of rotatable bonds is 6. The van der Waals surface area contributed by atoms with Gasteiger partial charge in [-0.25, -0.2) is 31.9 Å². The molecule has 1 saturated heterocycles. The van der Waals surface area contributed by atoms with Gasteiger partial charge in [-0.1, -0.05) is 11.3 Å². The summed E-state index contributed by atoms with van der Waals surface area (Å²) >= 11 is 0.733. The van der Waals surface area contributed by atoms with Crippen molar-refractivity contribution in [2.24, 2.45) is 0 Å². The first-order valence-electron chi connectivity index (χ1n) is 10.2. The van der Waals surface area contributed by atoms with Crippen LogP contribution in [0.25, 0.3) is 21.6 Å². The Balaban J connectivity index is 1.70. The summed E-state index contributed by atoms with van der Waals surface area (Å²) < 4.78 is 55.3. The van der Waals surface area contributed by atoms with Gasteiger partial charge in [0, 0.05) is 37.1 Å². The van der Waals surface area contributed by atoms with Gasteiger partial charge in [0.2, 0.25) is 10.0 Å². The second-order valence-corrected chi connectivity index (χ2v) is 10.9. The normalized spacial score (nSPS) is 18.4. The van der Waals surface area contributed by atoms with Gasteiger partial charge in [0.1, 0.15) is 12.0 Å². The maximum absolute atomic E-state index is 13.2. The topological polar surface area (TPSA) is 113 Å². The molecule has 2 aromatic heterocycles. The zero-order chi connectivity index (χ0) is 22.5. The van der Waals surface area contributed by atoms with Crippen LogP contribution in [0.15, 0.2) is 23.4 Å². The summed E-state index contributed by atoms with van der Waals surface area (Å²) in [6, 6.07) is 3.12. The monoisotopic (exact) mass is 481 g/mol. The molecule has 0 spiro atoms. The van der Waals surface area contributed by atoms with Gasteiger partial charge in [0.25, 0.3) is 6.43 Å². The van der Waals surface area contributed by atoms with Crippen LogP contribution in [0.5, 0.6) is 0 Å². The number of sulfonamides is 1. The lowest BCUT2D eigenvalue weighted by atomic mass is 10.1. The number of alkyl halides is 2.